The van der Waals surface area contributed by atoms with Crippen molar-refractivity contribution in [2.75, 3.05) is 43.0 Å². The molecule has 2 saturated heterocycles. The molecule has 9 rings (SSSR count). The van der Waals surface area contributed by atoms with Crippen LogP contribution < -0.4 is 25.6 Å². The number of imide groups is 2. The van der Waals surface area contributed by atoms with Crippen molar-refractivity contribution in [3.63, 3.8) is 0 Å². The lowest BCUT2D eigenvalue weighted by Gasteiger charge is -2.36. The van der Waals surface area contributed by atoms with Gasteiger partial charge in [0, 0.05) is 62.6 Å². The summed E-state index contributed by atoms with van der Waals surface area (Å²) in [7, 11) is 0. The second kappa shape index (κ2) is 15.8. The molecular weight excluding hydrogens is 771 g/mol. The number of hydrogen-bond acceptors (Lipinski definition) is 13. The molecule has 5 aromatic rings. The SMILES string of the molecule is Cc1cccc(C(=O)NC2CC(n3cnc4c(NCc5cccc(N6CCN(C(=O)COc7ccc8c(c7)C(=O)N([C@H]7CCC(=O)NC7=O)C8=O)CC6)c5)ncnc43)C2)n1. The summed E-state index contributed by atoms with van der Waals surface area (Å²) in [5.74, 6) is -1.88. The Morgan fingerprint density at radius 1 is 0.900 bits per heavy atom. The van der Waals surface area contributed by atoms with Gasteiger partial charge in [0.05, 0.1) is 17.5 Å². The lowest BCUT2D eigenvalue weighted by molar-refractivity contribution is -0.136. The number of piperidine rings is 1. The molecule has 60 heavy (non-hydrogen) atoms. The van der Waals surface area contributed by atoms with E-state index in [0.29, 0.717) is 49.8 Å². The first-order chi connectivity index (χ1) is 29.1. The molecule has 3 aliphatic heterocycles. The van der Waals surface area contributed by atoms with E-state index < -0.39 is 29.7 Å². The average Bonchev–Trinajstić information content (AvgIpc) is 3.78. The number of nitrogens with one attached hydrogen (secondary N) is 3. The Hall–Kier alpha value is -7.24. The van der Waals surface area contributed by atoms with E-state index in [0.717, 1.165) is 40.3 Å². The highest BCUT2D eigenvalue weighted by molar-refractivity contribution is 6.23. The average molecular weight is 812 g/mol. The molecule has 18 heteroatoms. The van der Waals surface area contributed by atoms with Crippen LogP contribution in [0.25, 0.3) is 11.2 Å². The second-order valence-corrected chi connectivity index (χ2v) is 15.3. The lowest BCUT2D eigenvalue weighted by atomic mass is 9.86. The maximum Gasteiger partial charge on any atom is 0.270 e. The summed E-state index contributed by atoms with van der Waals surface area (Å²) in [5, 5.41) is 8.69. The first-order valence-electron chi connectivity index (χ1n) is 19.9. The van der Waals surface area contributed by atoms with Crippen molar-refractivity contribution in [3.8, 4) is 5.75 Å². The molecule has 0 bridgehead atoms. The summed E-state index contributed by atoms with van der Waals surface area (Å²) < 4.78 is 7.82. The van der Waals surface area contributed by atoms with Gasteiger partial charge in [0.15, 0.2) is 18.1 Å². The first-order valence-corrected chi connectivity index (χ1v) is 19.9. The third-order valence-electron chi connectivity index (χ3n) is 11.5. The number of pyridine rings is 1. The molecule has 6 amide bonds. The van der Waals surface area contributed by atoms with Crippen LogP contribution in [-0.4, -0.2) is 115 Å². The van der Waals surface area contributed by atoms with Gasteiger partial charge in [-0.3, -0.25) is 39.0 Å². The van der Waals surface area contributed by atoms with Gasteiger partial charge in [0.1, 0.15) is 29.3 Å². The molecule has 1 aliphatic carbocycles. The summed E-state index contributed by atoms with van der Waals surface area (Å²) in [6.07, 6.45) is 4.93. The Morgan fingerprint density at radius 3 is 2.50 bits per heavy atom. The standard InChI is InChI=1S/C42H41N11O7/c1-24-4-2-7-32(47-24)39(56)48-26-17-28(18-26)52-23-46-36-37(44-22-45-38(36)52)43-20-25-5-3-6-27(16-25)50-12-14-51(15-13-50)35(55)21-60-29-8-9-30-31(19-29)42(59)53(41(30)58)33-10-11-34(54)49-40(33)57/h2-9,16,19,22-23,26,28,33H,10-15,17-18,20-21H2,1H3,(H,48,56)(H,43,44,45)(H,49,54,57)/t26?,28?,33-/m0/s1. The highest BCUT2D eigenvalue weighted by Crippen LogP contribution is 2.35. The van der Waals surface area contributed by atoms with Crippen LogP contribution in [0, 0.1) is 6.92 Å². The Balaban J connectivity index is 0.750. The third kappa shape index (κ3) is 7.46. The van der Waals surface area contributed by atoms with Crippen molar-refractivity contribution in [2.24, 2.45) is 0 Å². The smallest absolute Gasteiger partial charge is 0.270 e. The van der Waals surface area contributed by atoms with Crippen LogP contribution in [0.3, 0.4) is 0 Å². The number of fused-ring (bicyclic) bond motifs is 2. The molecule has 1 atom stereocenters. The predicted molar refractivity (Wildman–Crippen MR) is 215 cm³/mol. The third-order valence-corrected chi connectivity index (χ3v) is 11.5. The Kier molecular flexibility index (Phi) is 10.1. The number of rotatable bonds is 11. The number of aryl methyl sites for hydroxylation is 1. The number of piperazine rings is 1. The number of hydrogen-bond donors (Lipinski definition) is 3. The number of benzene rings is 2. The van der Waals surface area contributed by atoms with Crippen molar-refractivity contribution >= 4 is 58.1 Å². The van der Waals surface area contributed by atoms with Crippen LogP contribution in [0.15, 0.2) is 73.3 Å². The molecule has 1 saturated carbocycles. The molecule has 6 heterocycles. The molecule has 18 nitrogen and oxygen atoms in total. The van der Waals surface area contributed by atoms with Crippen molar-refractivity contribution in [2.45, 2.75) is 57.3 Å². The fourth-order valence-electron chi connectivity index (χ4n) is 8.15. The quantitative estimate of drug-likeness (QED) is 0.164. The minimum Gasteiger partial charge on any atom is -0.484 e. The molecular formula is C42H41N11O7. The number of imidazole rings is 1. The fourth-order valence-corrected chi connectivity index (χ4v) is 8.15. The van der Waals surface area contributed by atoms with Gasteiger partial charge >= 0.3 is 0 Å². The number of nitrogens with zero attached hydrogens (tertiary/aromatic N) is 8. The lowest BCUT2D eigenvalue weighted by Crippen LogP contribution is -2.54. The zero-order valence-corrected chi connectivity index (χ0v) is 32.7. The molecule has 306 valence electrons. The van der Waals surface area contributed by atoms with E-state index in [1.54, 1.807) is 17.3 Å². The molecule has 3 N–H and O–H groups in total. The Morgan fingerprint density at radius 2 is 1.70 bits per heavy atom. The van der Waals surface area contributed by atoms with E-state index in [1.165, 1.54) is 24.5 Å². The van der Waals surface area contributed by atoms with Gasteiger partial charge in [-0.2, -0.15) is 0 Å². The van der Waals surface area contributed by atoms with E-state index in [2.05, 4.69) is 46.9 Å². The van der Waals surface area contributed by atoms with Crippen LogP contribution in [0.2, 0.25) is 0 Å². The van der Waals surface area contributed by atoms with Crippen LogP contribution in [0.1, 0.15) is 74.2 Å². The Bertz CT molecular complexity index is 2560. The highest BCUT2D eigenvalue weighted by atomic mass is 16.5. The van der Waals surface area contributed by atoms with Gasteiger partial charge in [-0.25, -0.2) is 19.9 Å². The largest absolute Gasteiger partial charge is 0.484 e. The minimum absolute atomic E-state index is 0.0308. The summed E-state index contributed by atoms with van der Waals surface area (Å²) in [6.45, 7) is 4.33. The van der Waals surface area contributed by atoms with E-state index in [9.17, 15) is 28.8 Å². The van der Waals surface area contributed by atoms with E-state index in [4.69, 9.17) is 4.74 Å². The van der Waals surface area contributed by atoms with Crippen LogP contribution in [0.4, 0.5) is 11.5 Å². The van der Waals surface area contributed by atoms with Crippen LogP contribution in [0.5, 0.6) is 5.75 Å². The molecule has 2 aromatic carbocycles. The fraction of sp³-hybridized carbons (Fsp3) is 0.333. The van der Waals surface area contributed by atoms with Crippen molar-refractivity contribution in [1.82, 2.24) is 44.9 Å². The number of anilines is 2. The van der Waals surface area contributed by atoms with Crippen molar-refractivity contribution in [3.05, 3.63) is 101 Å². The number of ether oxygens (including phenoxy) is 1. The van der Waals surface area contributed by atoms with Gasteiger partial charge in [-0.15, -0.1) is 0 Å². The van der Waals surface area contributed by atoms with Gasteiger partial charge < -0.3 is 29.7 Å². The van der Waals surface area contributed by atoms with Gasteiger partial charge in [-0.05, 0) is 74.2 Å². The molecule has 0 spiro atoms. The summed E-state index contributed by atoms with van der Waals surface area (Å²) in [4.78, 5) is 98.8. The van der Waals surface area contributed by atoms with Crippen LogP contribution >= 0.6 is 0 Å². The summed E-state index contributed by atoms with van der Waals surface area (Å²) >= 11 is 0. The number of aromatic nitrogens is 5. The van der Waals surface area contributed by atoms with Crippen molar-refractivity contribution < 1.29 is 33.5 Å². The van der Waals surface area contributed by atoms with E-state index in [1.807, 2.05) is 41.8 Å². The first kappa shape index (κ1) is 38.3. The summed E-state index contributed by atoms with van der Waals surface area (Å²) in [5.41, 5.74) is 4.91. The van der Waals surface area contributed by atoms with Crippen molar-refractivity contribution in [1.29, 1.82) is 0 Å². The predicted octanol–water partition coefficient (Wildman–Crippen LogP) is 2.40. The Labute approximate surface area is 343 Å². The maximum absolute atomic E-state index is 13.2. The monoisotopic (exact) mass is 811 g/mol. The number of carbonyl (C=O) groups is 6. The molecule has 0 radical (unpaired) electrons. The van der Waals surface area contributed by atoms with Crippen LogP contribution in [-0.2, 0) is 20.9 Å². The zero-order valence-electron chi connectivity index (χ0n) is 32.7. The number of amides is 6. The zero-order chi connectivity index (χ0) is 41.5. The van der Waals surface area contributed by atoms with E-state index >= 15 is 0 Å². The molecule has 0 unspecified atom stereocenters. The maximum atomic E-state index is 13.2. The molecule has 4 aliphatic rings. The normalized spacial score (nSPS) is 20.1. The second-order valence-electron chi connectivity index (χ2n) is 15.3. The topological polar surface area (TPSA) is 214 Å². The van der Waals surface area contributed by atoms with Gasteiger partial charge in [-0.1, -0.05) is 18.2 Å². The number of carbonyl (C=O) groups excluding carboxylic acids is 6. The molecule has 3 fully saturated rings. The molecule has 3 aromatic heterocycles. The highest BCUT2D eigenvalue weighted by Gasteiger charge is 2.45. The minimum atomic E-state index is -1.06. The van der Waals surface area contributed by atoms with Gasteiger partial charge in [0.2, 0.25) is 11.8 Å². The van der Waals surface area contributed by atoms with Gasteiger partial charge in [0.25, 0.3) is 23.6 Å². The summed E-state index contributed by atoms with van der Waals surface area (Å²) in [6, 6.07) is 17.1. The van der Waals surface area contributed by atoms with E-state index in [-0.39, 0.29) is 60.2 Å².